The molecule has 0 aliphatic carbocycles. The number of fused-ring (bicyclic) bond motifs is 1. The molecule has 0 amide bonds. The number of carbonyl (C=O) groups is 3. The van der Waals surface area contributed by atoms with Gasteiger partial charge in [-0.05, 0) is 49.2 Å². The van der Waals surface area contributed by atoms with E-state index >= 15 is 0 Å². The summed E-state index contributed by atoms with van der Waals surface area (Å²) in [6.45, 7) is 4.31. The highest BCUT2D eigenvalue weighted by Gasteiger charge is 2.22. The van der Waals surface area contributed by atoms with E-state index in [4.69, 9.17) is 4.74 Å². The Morgan fingerprint density at radius 1 is 1.07 bits per heavy atom. The van der Waals surface area contributed by atoms with Gasteiger partial charge in [0.05, 0.1) is 5.69 Å². The number of rotatable bonds is 5. The van der Waals surface area contributed by atoms with E-state index in [-0.39, 0.29) is 22.8 Å². The molecular formula is C21H19NO5. The number of phenolic OH excluding ortho intramolecular Hbond substituents is 1. The normalized spacial score (nSPS) is 10.8. The largest absolute Gasteiger partial charge is 0.507 e. The van der Waals surface area contributed by atoms with Crippen molar-refractivity contribution >= 4 is 28.3 Å². The van der Waals surface area contributed by atoms with Gasteiger partial charge in [-0.3, -0.25) is 9.59 Å². The smallest absolute Gasteiger partial charge is 0.342 e. The van der Waals surface area contributed by atoms with E-state index in [0.717, 1.165) is 10.8 Å². The molecule has 0 radical (unpaired) electrons. The molecule has 1 heterocycles. The number of hydrogen-bond acceptors (Lipinski definition) is 5. The van der Waals surface area contributed by atoms with Crippen LogP contribution in [0.25, 0.3) is 10.8 Å². The first-order valence-electron chi connectivity index (χ1n) is 8.41. The van der Waals surface area contributed by atoms with E-state index < -0.39 is 18.4 Å². The molecule has 1 aromatic heterocycles. The molecule has 0 atom stereocenters. The number of phenols is 1. The van der Waals surface area contributed by atoms with Crippen LogP contribution in [0.2, 0.25) is 0 Å². The van der Waals surface area contributed by atoms with Crippen molar-refractivity contribution in [2.24, 2.45) is 0 Å². The number of Topliss-reactive ketones (excluding diaryl/α,β-unsaturated/α-hetero) is 2. The zero-order valence-corrected chi connectivity index (χ0v) is 15.3. The maximum Gasteiger partial charge on any atom is 0.342 e. The lowest BCUT2D eigenvalue weighted by atomic mass is 10.1. The number of hydrogen-bond donors (Lipinski definition) is 2. The SMILES string of the molecule is CC(=O)c1c(C)[nH]c(C(=O)COC(=O)c2cc3ccccc3cc2O)c1C. The molecule has 2 aromatic carbocycles. The first kappa shape index (κ1) is 18.4. The van der Waals surface area contributed by atoms with Crippen molar-refractivity contribution in [2.45, 2.75) is 20.8 Å². The highest BCUT2D eigenvalue weighted by molar-refractivity contribution is 6.05. The predicted molar refractivity (Wildman–Crippen MR) is 100 cm³/mol. The standard InChI is InChI=1S/C21H19NO5/c1-11-19(13(3)23)12(2)22-20(11)18(25)10-27-21(26)16-8-14-6-4-5-7-15(14)9-17(16)24/h4-9,22,24H,10H2,1-3H3. The average molecular weight is 365 g/mol. The molecule has 3 aromatic rings. The van der Waals surface area contributed by atoms with Crippen LogP contribution in [0.4, 0.5) is 0 Å². The summed E-state index contributed by atoms with van der Waals surface area (Å²) in [5.41, 5.74) is 1.84. The number of H-pyrrole nitrogens is 1. The molecule has 138 valence electrons. The second kappa shape index (κ2) is 7.07. The molecule has 0 fully saturated rings. The molecule has 2 N–H and O–H groups in total. The van der Waals surface area contributed by atoms with E-state index in [1.807, 2.05) is 24.3 Å². The van der Waals surface area contributed by atoms with Crippen molar-refractivity contribution in [1.29, 1.82) is 0 Å². The number of esters is 1. The Morgan fingerprint density at radius 3 is 2.30 bits per heavy atom. The van der Waals surface area contributed by atoms with E-state index in [1.165, 1.54) is 19.1 Å². The number of aromatic amines is 1. The number of aromatic nitrogens is 1. The highest BCUT2D eigenvalue weighted by atomic mass is 16.5. The first-order valence-corrected chi connectivity index (χ1v) is 8.41. The van der Waals surface area contributed by atoms with Crippen LogP contribution in [0.5, 0.6) is 5.75 Å². The summed E-state index contributed by atoms with van der Waals surface area (Å²) in [6.07, 6.45) is 0. The minimum Gasteiger partial charge on any atom is -0.507 e. The fourth-order valence-corrected chi connectivity index (χ4v) is 3.23. The van der Waals surface area contributed by atoms with Crippen molar-refractivity contribution in [3.05, 3.63) is 64.5 Å². The molecule has 0 saturated carbocycles. The summed E-state index contributed by atoms with van der Waals surface area (Å²) in [4.78, 5) is 39.3. The van der Waals surface area contributed by atoms with Crippen molar-refractivity contribution < 1.29 is 24.2 Å². The summed E-state index contributed by atoms with van der Waals surface area (Å²) >= 11 is 0. The van der Waals surface area contributed by atoms with Crippen molar-refractivity contribution in [1.82, 2.24) is 4.98 Å². The van der Waals surface area contributed by atoms with Gasteiger partial charge >= 0.3 is 5.97 Å². The van der Waals surface area contributed by atoms with Crippen LogP contribution >= 0.6 is 0 Å². The minimum absolute atomic E-state index is 0.00897. The van der Waals surface area contributed by atoms with Crippen LogP contribution in [0, 0.1) is 13.8 Å². The quantitative estimate of drug-likeness (QED) is 0.530. The predicted octanol–water partition coefficient (Wildman–Crippen LogP) is 3.73. The molecule has 0 bridgehead atoms. The zero-order valence-electron chi connectivity index (χ0n) is 15.3. The molecule has 0 aliphatic heterocycles. The Kier molecular flexibility index (Phi) is 4.81. The van der Waals surface area contributed by atoms with Crippen LogP contribution in [0.1, 0.15) is 49.4 Å². The summed E-state index contributed by atoms with van der Waals surface area (Å²) in [5.74, 6) is -1.59. The van der Waals surface area contributed by atoms with Crippen LogP contribution in [-0.4, -0.2) is 34.2 Å². The number of carbonyl (C=O) groups excluding carboxylic acids is 3. The fraction of sp³-hybridized carbons (Fsp3) is 0.190. The average Bonchev–Trinajstić information content (AvgIpc) is 2.93. The number of aryl methyl sites for hydroxylation is 1. The third kappa shape index (κ3) is 3.46. The molecular weight excluding hydrogens is 346 g/mol. The van der Waals surface area contributed by atoms with Crippen molar-refractivity contribution in [3.8, 4) is 5.75 Å². The second-order valence-corrected chi connectivity index (χ2v) is 6.40. The molecule has 6 heteroatoms. The van der Waals surface area contributed by atoms with Gasteiger partial charge in [-0.2, -0.15) is 0 Å². The lowest BCUT2D eigenvalue weighted by Gasteiger charge is -2.08. The van der Waals surface area contributed by atoms with Crippen molar-refractivity contribution in [2.75, 3.05) is 6.61 Å². The fourth-order valence-electron chi connectivity index (χ4n) is 3.23. The summed E-state index contributed by atoms with van der Waals surface area (Å²) in [6, 6.07) is 10.3. The molecule has 3 rings (SSSR count). The van der Waals surface area contributed by atoms with Gasteiger partial charge in [0.25, 0.3) is 0 Å². The maximum atomic E-state index is 12.4. The third-order valence-corrected chi connectivity index (χ3v) is 4.49. The molecule has 0 aliphatic rings. The molecule has 6 nitrogen and oxygen atoms in total. The van der Waals surface area contributed by atoms with Crippen molar-refractivity contribution in [3.63, 3.8) is 0 Å². The van der Waals surface area contributed by atoms with Gasteiger partial charge in [-0.1, -0.05) is 24.3 Å². The maximum absolute atomic E-state index is 12.4. The summed E-state index contributed by atoms with van der Waals surface area (Å²) in [5, 5.41) is 11.6. The number of nitrogens with one attached hydrogen (secondary N) is 1. The molecule has 0 unspecified atom stereocenters. The highest BCUT2D eigenvalue weighted by Crippen LogP contribution is 2.26. The Bertz CT molecular complexity index is 1080. The Balaban J connectivity index is 1.78. The lowest BCUT2D eigenvalue weighted by Crippen LogP contribution is -2.15. The van der Waals surface area contributed by atoms with Gasteiger partial charge in [0.15, 0.2) is 12.4 Å². The second-order valence-electron chi connectivity index (χ2n) is 6.40. The minimum atomic E-state index is -0.792. The van der Waals surface area contributed by atoms with Crippen LogP contribution in [-0.2, 0) is 4.74 Å². The number of ketones is 2. The molecule has 0 spiro atoms. The van der Waals surface area contributed by atoms with Gasteiger partial charge in [0.2, 0.25) is 5.78 Å². The summed E-state index contributed by atoms with van der Waals surface area (Å²) in [7, 11) is 0. The van der Waals surface area contributed by atoms with Gasteiger partial charge < -0.3 is 14.8 Å². The van der Waals surface area contributed by atoms with E-state index in [0.29, 0.717) is 16.8 Å². The number of benzene rings is 2. The Hall–Kier alpha value is -3.41. The summed E-state index contributed by atoms with van der Waals surface area (Å²) < 4.78 is 5.09. The Labute approximate surface area is 155 Å². The lowest BCUT2D eigenvalue weighted by molar-refractivity contribution is 0.0470. The zero-order chi connectivity index (χ0) is 19.7. The topological polar surface area (TPSA) is 96.5 Å². The number of aromatic hydroxyl groups is 1. The van der Waals surface area contributed by atoms with Gasteiger partial charge in [-0.15, -0.1) is 0 Å². The number of ether oxygens (including phenoxy) is 1. The van der Waals surface area contributed by atoms with Crippen LogP contribution in [0.3, 0.4) is 0 Å². The van der Waals surface area contributed by atoms with E-state index in [1.54, 1.807) is 13.8 Å². The van der Waals surface area contributed by atoms with Crippen LogP contribution in [0.15, 0.2) is 36.4 Å². The van der Waals surface area contributed by atoms with Gasteiger partial charge in [0, 0.05) is 11.3 Å². The first-order chi connectivity index (χ1) is 12.8. The van der Waals surface area contributed by atoms with Gasteiger partial charge in [0.1, 0.15) is 11.3 Å². The van der Waals surface area contributed by atoms with E-state index in [9.17, 15) is 19.5 Å². The third-order valence-electron chi connectivity index (χ3n) is 4.49. The Morgan fingerprint density at radius 2 is 1.70 bits per heavy atom. The monoisotopic (exact) mass is 365 g/mol. The van der Waals surface area contributed by atoms with Gasteiger partial charge in [-0.25, -0.2) is 4.79 Å². The van der Waals surface area contributed by atoms with Crippen LogP contribution < -0.4 is 0 Å². The molecule has 0 saturated heterocycles. The van der Waals surface area contributed by atoms with E-state index in [2.05, 4.69) is 4.98 Å². The molecule has 27 heavy (non-hydrogen) atoms.